The van der Waals surface area contributed by atoms with Crippen molar-refractivity contribution < 1.29 is 14.6 Å². The van der Waals surface area contributed by atoms with Crippen LogP contribution >= 0.6 is 0 Å². The molecular weight excluding hydrogens is 416 g/mol. The van der Waals surface area contributed by atoms with E-state index in [0.29, 0.717) is 25.4 Å². The van der Waals surface area contributed by atoms with Gasteiger partial charge in [-0.15, -0.1) is 0 Å². The van der Waals surface area contributed by atoms with Crippen LogP contribution < -0.4 is 9.47 Å². The third kappa shape index (κ3) is 9.57. The second kappa shape index (κ2) is 13.5. The summed E-state index contributed by atoms with van der Waals surface area (Å²) in [6.07, 6.45) is 3.94. The molecule has 1 N–H and O–H groups in total. The van der Waals surface area contributed by atoms with Crippen LogP contribution in [-0.2, 0) is 13.1 Å². The zero-order valence-corrected chi connectivity index (χ0v) is 19.5. The molecule has 176 valence electrons. The highest BCUT2D eigenvalue weighted by molar-refractivity contribution is 5.31. The van der Waals surface area contributed by atoms with Crippen LogP contribution in [-0.4, -0.2) is 71.4 Å². The van der Waals surface area contributed by atoms with Crippen molar-refractivity contribution >= 4 is 0 Å². The molecule has 33 heavy (non-hydrogen) atoms. The Hall–Kier alpha value is -3.00. The Kier molecular flexibility index (Phi) is 10.1. The molecule has 0 unspecified atom stereocenters. The highest BCUT2D eigenvalue weighted by Crippen LogP contribution is 2.18. The summed E-state index contributed by atoms with van der Waals surface area (Å²) in [5.74, 6) is 1.52. The standard InChI is InChI=1S/C26H34N4O3/c1-29(18-22-8-3-5-14-27-22)16-7-17-32-25-10-12-26(13-11-25)33-21-24(31)20-30(2)19-23-9-4-6-15-28-23/h3-6,8-15,24,31H,7,16-21H2,1-2H3/t24-/m1/s1. The first-order valence-corrected chi connectivity index (χ1v) is 11.3. The van der Waals surface area contributed by atoms with E-state index in [0.717, 1.165) is 36.6 Å². The van der Waals surface area contributed by atoms with Crippen LogP contribution in [0.4, 0.5) is 0 Å². The molecule has 0 amide bonds. The van der Waals surface area contributed by atoms with Crippen LogP contribution in [0.15, 0.2) is 73.1 Å². The van der Waals surface area contributed by atoms with Crippen molar-refractivity contribution in [3.05, 3.63) is 84.4 Å². The van der Waals surface area contributed by atoms with Gasteiger partial charge >= 0.3 is 0 Å². The summed E-state index contributed by atoms with van der Waals surface area (Å²) in [7, 11) is 4.05. The number of likely N-dealkylation sites (N-methyl/N-ethyl adjacent to an activating group) is 1. The van der Waals surface area contributed by atoms with E-state index in [9.17, 15) is 5.11 Å². The van der Waals surface area contributed by atoms with Gasteiger partial charge in [0.15, 0.2) is 0 Å². The van der Waals surface area contributed by atoms with Gasteiger partial charge in [-0.1, -0.05) is 12.1 Å². The second-order valence-corrected chi connectivity index (χ2v) is 8.21. The van der Waals surface area contributed by atoms with E-state index in [1.165, 1.54) is 0 Å². The van der Waals surface area contributed by atoms with Gasteiger partial charge in [-0.3, -0.25) is 14.9 Å². The van der Waals surface area contributed by atoms with E-state index < -0.39 is 6.10 Å². The number of aromatic nitrogens is 2. The minimum Gasteiger partial charge on any atom is -0.494 e. The Morgan fingerprint density at radius 2 is 1.36 bits per heavy atom. The number of rotatable bonds is 14. The molecule has 2 heterocycles. The number of benzene rings is 1. The lowest BCUT2D eigenvalue weighted by atomic mass is 10.3. The zero-order chi connectivity index (χ0) is 23.3. The Balaban J connectivity index is 1.29. The van der Waals surface area contributed by atoms with Crippen LogP contribution in [0.2, 0.25) is 0 Å². The lowest BCUT2D eigenvalue weighted by Crippen LogP contribution is -2.33. The van der Waals surface area contributed by atoms with E-state index in [4.69, 9.17) is 9.47 Å². The topological polar surface area (TPSA) is 71.0 Å². The lowest BCUT2D eigenvalue weighted by molar-refractivity contribution is 0.0740. The average Bonchev–Trinajstić information content (AvgIpc) is 2.82. The number of nitrogens with zero attached hydrogens (tertiary/aromatic N) is 4. The number of pyridine rings is 2. The van der Waals surface area contributed by atoms with Crippen molar-refractivity contribution in [3.63, 3.8) is 0 Å². The van der Waals surface area contributed by atoms with Gasteiger partial charge in [0.1, 0.15) is 24.2 Å². The summed E-state index contributed by atoms with van der Waals surface area (Å²) in [6.45, 7) is 3.83. The molecule has 0 aliphatic rings. The second-order valence-electron chi connectivity index (χ2n) is 8.21. The molecule has 2 aromatic heterocycles. The first-order valence-electron chi connectivity index (χ1n) is 11.3. The smallest absolute Gasteiger partial charge is 0.119 e. The van der Waals surface area contributed by atoms with Crippen LogP contribution in [0.25, 0.3) is 0 Å². The van der Waals surface area contributed by atoms with E-state index >= 15 is 0 Å². The van der Waals surface area contributed by atoms with E-state index in [2.05, 4.69) is 21.9 Å². The summed E-state index contributed by atoms with van der Waals surface area (Å²) in [6, 6.07) is 19.3. The van der Waals surface area contributed by atoms with Crippen molar-refractivity contribution in [2.45, 2.75) is 25.6 Å². The van der Waals surface area contributed by atoms with Crippen LogP contribution in [0.1, 0.15) is 17.8 Å². The monoisotopic (exact) mass is 450 g/mol. The number of aliphatic hydroxyl groups excluding tert-OH is 1. The molecule has 0 aliphatic heterocycles. The molecular formula is C26H34N4O3. The van der Waals surface area contributed by atoms with Crippen LogP contribution in [0.3, 0.4) is 0 Å². The first kappa shape index (κ1) is 24.6. The molecule has 3 rings (SSSR count). The maximum Gasteiger partial charge on any atom is 0.119 e. The van der Waals surface area contributed by atoms with Crippen LogP contribution in [0, 0.1) is 0 Å². The minimum absolute atomic E-state index is 0.232. The van der Waals surface area contributed by atoms with Crippen molar-refractivity contribution in [3.8, 4) is 11.5 Å². The van der Waals surface area contributed by atoms with Crippen molar-refractivity contribution in [2.75, 3.05) is 40.4 Å². The van der Waals surface area contributed by atoms with Gasteiger partial charge in [-0.25, -0.2) is 0 Å². The van der Waals surface area contributed by atoms with Gasteiger partial charge in [0, 0.05) is 38.6 Å². The third-order valence-electron chi connectivity index (χ3n) is 5.06. The van der Waals surface area contributed by atoms with Crippen molar-refractivity contribution in [1.29, 1.82) is 0 Å². The largest absolute Gasteiger partial charge is 0.494 e. The predicted molar refractivity (Wildman–Crippen MR) is 129 cm³/mol. The average molecular weight is 451 g/mol. The summed E-state index contributed by atoms with van der Waals surface area (Å²) in [4.78, 5) is 12.9. The molecule has 0 saturated carbocycles. The van der Waals surface area contributed by atoms with Crippen molar-refractivity contribution in [2.24, 2.45) is 0 Å². The predicted octanol–water partition coefficient (Wildman–Crippen LogP) is 3.25. The molecule has 0 spiro atoms. The number of ether oxygens (including phenoxy) is 2. The fraction of sp³-hybridized carbons (Fsp3) is 0.385. The van der Waals surface area contributed by atoms with Gasteiger partial charge in [0.25, 0.3) is 0 Å². The molecule has 7 heteroatoms. The third-order valence-corrected chi connectivity index (χ3v) is 5.06. The molecule has 0 fully saturated rings. The molecule has 1 atom stereocenters. The highest BCUT2D eigenvalue weighted by Gasteiger charge is 2.10. The quantitative estimate of drug-likeness (QED) is 0.378. The first-order chi connectivity index (χ1) is 16.1. The molecule has 0 aliphatic carbocycles. The number of aliphatic hydroxyl groups is 1. The van der Waals surface area contributed by atoms with Gasteiger partial charge in [-0.05, 0) is 69.0 Å². The molecule has 3 aromatic rings. The Morgan fingerprint density at radius 1 is 0.788 bits per heavy atom. The molecule has 0 bridgehead atoms. The SMILES string of the molecule is CN(CCCOc1ccc(OC[C@H](O)CN(C)Cc2ccccn2)cc1)Cc1ccccn1. The minimum atomic E-state index is -0.585. The van der Waals surface area contributed by atoms with E-state index in [1.807, 2.05) is 78.8 Å². The van der Waals surface area contributed by atoms with E-state index in [-0.39, 0.29) is 6.61 Å². The Morgan fingerprint density at radius 3 is 1.94 bits per heavy atom. The summed E-state index contributed by atoms with van der Waals surface area (Å²) in [5, 5.41) is 10.3. The fourth-order valence-corrected chi connectivity index (χ4v) is 3.44. The number of hydrogen-bond donors (Lipinski definition) is 1. The maximum atomic E-state index is 10.3. The molecule has 1 aromatic carbocycles. The van der Waals surface area contributed by atoms with Gasteiger partial charge in [0.2, 0.25) is 0 Å². The Labute approximate surface area is 196 Å². The van der Waals surface area contributed by atoms with Crippen molar-refractivity contribution in [1.82, 2.24) is 19.8 Å². The number of hydrogen-bond acceptors (Lipinski definition) is 7. The summed E-state index contributed by atoms with van der Waals surface area (Å²) < 4.78 is 11.6. The van der Waals surface area contributed by atoms with Crippen LogP contribution in [0.5, 0.6) is 11.5 Å². The fourth-order valence-electron chi connectivity index (χ4n) is 3.44. The maximum absolute atomic E-state index is 10.3. The lowest BCUT2D eigenvalue weighted by Gasteiger charge is -2.20. The normalized spacial score (nSPS) is 12.2. The molecule has 0 saturated heterocycles. The summed E-state index contributed by atoms with van der Waals surface area (Å²) in [5.41, 5.74) is 2.05. The highest BCUT2D eigenvalue weighted by atomic mass is 16.5. The molecule has 0 radical (unpaired) electrons. The van der Waals surface area contributed by atoms with Gasteiger partial charge in [-0.2, -0.15) is 0 Å². The summed E-state index contributed by atoms with van der Waals surface area (Å²) >= 11 is 0. The Bertz CT molecular complexity index is 910. The molecule has 7 nitrogen and oxygen atoms in total. The zero-order valence-electron chi connectivity index (χ0n) is 19.5. The van der Waals surface area contributed by atoms with E-state index in [1.54, 1.807) is 6.20 Å². The van der Waals surface area contributed by atoms with Gasteiger partial charge in [0.05, 0.1) is 18.0 Å². The van der Waals surface area contributed by atoms with Gasteiger partial charge < -0.3 is 19.5 Å².